The number of hydrogen-bond acceptors (Lipinski definition) is 4. The van der Waals surface area contributed by atoms with Crippen molar-refractivity contribution in [1.29, 1.82) is 0 Å². The fourth-order valence-electron chi connectivity index (χ4n) is 1.49. The monoisotopic (exact) mass is 211 g/mol. The summed E-state index contributed by atoms with van der Waals surface area (Å²) in [5.41, 5.74) is 5.44. The van der Waals surface area contributed by atoms with Gasteiger partial charge in [0.1, 0.15) is 5.82 Å². The highest BCUT2D eigenvalue weighted by atomic mass is 15.2. The van der Waals surface area contributed by atoms with Gasteiger partial charge in [-0.25, -0.2) is 4.98 Å². The summed E-state index contributed by atoms with van der Waals surface area (Å²) in [7, 11) is 0. The number of H-pyrrole nitrogens is 1. The third-order valence-corrected chi connectivity index (χ3v) is 2.51. The summed E-state index contributed by atoms with van der Waals surface area (Å²) in [5, 5.41) is 7.06. The van der Waals surface area contributed by atoms with Crippen molar-refractivity contribution >= 4 is 0 Å². The van der Waals surface area contributed by atoms with Crippen LogP contribution >= 0.6 is 0 Å². The number of aromatic amines is 1. The van der Waals surface area contributed by atoms with Gasteiger partial charge in [-0.05, 0) is 19.6 Å². The Kier molecular flexibility index (Phi) is 5.28. The van der Waals surface area contributed by atoms with E-state index >= 15 is 0 Å². The zero-order chi connectivity index (χ0) is 11.1. The Hall–Kier alpha value is -0.940. The molecule has 1 heterocycles. The van der Waals surface area contributed by atoms with Gasteiger partial charge in [0.05, 0.1) is 0 Å². The second kappa shape index (κ2) is 6.53. The van der Waals surface area contributed by atoms with Gasteiger partial charge in [0.25, 0.3) is 0 Å². The first-order valence-corrected chi connectivity index (χ1v) is 5.62. The Balaban J connectivity index is 2.36. The number of likely N-dealkylation sites (N-methyl/N-ethyl adjacent to an activating group) is 1. The Morgan fingerprint density at radius 1 is 1.27 bits per heavy atom. The van der Waals surface area contributed by atoms with Crippen molar-refractivity contribution in [1.82, 2.24) is 20.1 Å². The smallest absolute Gasteiger partial charge is 0.151 e. The molecule has 0 saturated heterocycles. The highest BCUT2D eigenvalue weighted by molar-refractivity contribution is 4.91. The van der Waals surface area contributed by atoms with Crippen molar-refractivity contribution in [3.05, 3.63) is 11.6 Å². The van der Waals surface area contributed by atoms with Crippen LogP contribution in [0.1, 0.15) is 25.5 Å². The number of nitrogens with zero attached hydrogens (tertiary/aromatic N) is 3. The second-order valence-electron chi connectivity index (χ2n) is 3.51. The maximum atomic E-state index is 5.44. The van der Waals surface area contributed by atoms with Gasteiger partial charge in [-0.15, -0.1) is 0 Å². The molecule has 0 aliphatic carbocycles. The van der Waals surface area contributed by atoms with E-state index in [1.54, 1.807) is 0 Å². The lowest BCUT2D eigenvalue weighted by Gasteiger charge is -2.16. The van der Waals surface area contributed by atoms with Crippen molar-refractivity contribution in [2.75, 3.05) is 26.2 Å². The molecule has 0 unspecified atom stereocenters. The van der Waals surface area contributed by atoms with Crippen molar-refractivity contribution in [3.8, 4) is 0 Å². The molecule has 0 aromatic carbocycles. The molecule has 5 heteroatoms. The SMILES string of the molecule is CCN(CC)CCc1n[nH]c(CCN)n1. The molecule has 3 N–H and O–H groups in total. The Labute approximate surface area is 91.1 Å². The van der Waals surface area contributed by atoms with Crippen LogP contribution in [-0.2, 0) is 12.8 Å². The van der Waals surface area contributed by atoms with Crippen LogP contribution in [0.25, 0.3) is 0 Å². The quantitative estimate of drug-likeness (QED) is 0.675. The van der Waals surface area contributed by atoms with Crippen LogP contribution in [0.3, 0.4) is 0 Å². The molecule has 5 nitrogen and oxygen atoms in total. The maximum absolute atomic E-state index is 5.44. The fraction of sp³-hybridized carbons (Fsp3) is 0.800. The zero-order valence-corrected chi connectivity index (χ0v) is 9.66. The largest absolute Gasteiger partial charge is 0.330 e. The molecule has 0 aliphatic rings. The molecular weight excluding hydrogens is 190 g/mol. The molecule has 1 aromatic heterocycles. The van der Waals surface area contributed by atoms with Crippen LogP contribution in [0.5, 0.6) is 0 Å². The molecule has 0 amide bonds. The summed E-state index contributed by atoms with van der Waals surface area (Å²) in [6.07, 6.45) is 1.68. The molecule has 86 valence electrons. The number of aromatic nitrogens is 3. The molecule has 0 radical (unpaired) electrons. The minimum Gasteiger partial charge on any atom is -0.330 e. The Bertz CT molecular complexity index is 267. The third-order valence-electron chi connectivity index (χ3n) is 2.51. The summed E-state index contributed by atoms with van der Waals surface area (Å²) in [6, 6.07) is 0. The second-order valence-corrected chi connectivity index (χ2v) is 3.51. The first-order chi connectivity index (χ1) is 7.30. The van der Waals surface area contributed by atoms with Gasteiger partial charge >= 0.3 is 0 Å². The van der Waals surface area contributed by atoms with Crippen molar-refractivity contribution in [2.24, 2.45) is 5.73 Å². The van der Waals surface area contributed by atoms with E-state index in [1.165, 1.54) is 0 Å². The summed E-state index contributed by atoms with van der Waals surface area (Å²) in [5.74, 6) is 1.79. The first kappa shape index (κ1) is 12.1. The average Bonchev–Trinajstić information content (AvgIpc) is 2.68. The van der Waals surface area contributed by atoms with Gasteiger partial charge in [0, 0.05) is 19.4 Å². The molecule has 0 saturated carbocycles. The molecular formula is C10H21N5. The van der Waals surface area contributed by atoms with Crippen LogP contribution < -0.4 is 5.73 Å². The van der Waals surface area contributed by atoms with E-state index in [9.17, 15) is 0 Å². The van der Waals surface area contributed by atoms with Gasteiger partial charge in [0.15, 0.2) is 5.82 Å². The van der Waals surface area contributed by atoms with Crippen LogP contribution in [0, 0.1) is 0 Å². The summed E-state index contributed by atoms with van der Waals surface area (Å²) in [4.78, 5) is 6.73. The number of hydrogen-bond donors (Lipinski definition) is 2. The average molecular weight is 211 g/mol. The first-order valence-electron chi connectivity index (χ1n) is 5.62. The lowest BCUT2D eigenvalue weighted by molar-refractivity contribution is 0.306. The predicted molar refractivity (Wildman–Crippen MR) is 60.6 cm³/mol. The topological polar surface area (TPSA) is 70.8 Å². The van der Waals surface area contributed by atoms with Gasteiger partial charge in [-0.3, -0.25) is 5.10 Å². The van der Waals surface area contributed by atoms with Crippen LogP contribution in [-0.4, -0.2) is 46.3 Å². The molecule has 0 bridgehead atoms. The highest BCUT2D eigenvalue weighted by Gasteiger charge is 2.04. The van der Waals surface area contributed by atoms with Crippen LogP contribution in [0.4, 0.5) is 0 Å². The molecule has 0 aliphatic heterocycles. The van der Waals surface area contributed by atoms with Gasteiger partial charge in [-0.2, -0.15) is 5.10 Å². The van der Waals surface area contributed by atoms with E-state index in [0.717, 1.165) is 44.1 Å². The molecule has 1 aromatic rings. The van der Waals surface area contributed by atoms with E-state index in [4.69, 9.17) is 5.73 Å². The molecule has 1 rings (SSSR count). The van der Waals surface area contributed by atoms with E-state index < -0.39 is 0 Å². The van der Waals surface area contributed by atoms with Crippen molar-refractivity contribution in [3.63, 3.8) is 0 Å². The third kappa shape index (κ3) is 3.97. The van der Waals surface area contributed by atoms with Crippen LogP contribution in [0.2, 0.25) is 0 Å². The number of nitrogens with two attached hydrogens (primary N) is 1. The summed E-state index contributed by atoms with van der Waals surface area (Å²) in [6.45, 7) is 8.13. The van der Waals surface area contributed by atoms with E-state index in [1.807, 2.05) is 0 Å². The van der Waals surface area contributed by atoms with Crippen molar-refractivity contribution < 1.29 is 0 Å². The number of nitrogens with one attached hydrogen (secondary N) is 1. The zero-order valence-electron chi connectivity index (χ0n) is 9.66. The van der Waals surface area contributed by atoms with E-state index in [0.29, 0.717) is 6.54 Å². The van der Waals surface area contributed by atoms with Gasteiger partial charge < -0.3 is 10.6 Å². The predicted octanol–water partition coefficient (Wildman–Crippen LogP) is 0.190. The van der Waals surface area contributed by atoms with Gasteiger partial charge in [0.2, 0.25) is 0 Å². The molecule has 0 fully saturated rings. The minimum atomic E-state index is 0.616. The maximum Gasteiger partial charge on any atom is 0.151 e. The minimum absolute atomic E-state index is 0.616. The van der Waals surface area contributed by atoms with E-state index in [2.05, 4.69) is 33.9 Å². The molecule has 0 spiro atoms. The van der Waals surface area contributed by atoms with E-state index in [-0.39, 0.29) is 0 Å². The Morgan fingerprint density at radius 3 is 2.60 bits per heavy atom. The normalized spacial score (nSPS) is 11.2. The lowest BCUT2D eigenvalue weighted by atomic mass is 10.3. The van der Waals surface area contributed by atoms with Gasteiger partial charge in [-0.1, -0.05) is 13.8 Å². The van der Waals surface area contributed by atoms with Crippen molar-refractivity contribution in [2.45, 2.75) is 26.7 Å². The number of rotatable bonds is 7. The highest BCUT2D eigenvalue weighted by Crippen LogP contribution is 1.97. The lowest BCUT2D eigenvalue weighted by Crippen LogP contribution is -2.25. The molecule has 15 heavy (non-hydrogen) atoms. The van der Waals surface area contributed by atoms with Crippen LogP contribution in [0.15, 0.2) is 0 Å². The molecule has 0 atom stereocenters. The summed E-state index contributed by atoms with van der Waals surface area (Å²) < 4.78 is 0. The fourth-order valence-corrected chi connectivity index (χ4v) is 1.49. The summed E-state index contributed by atoms with van der Waals surface area (Å²) >= 11 is 0. The Morgan fingerprint density at radius 2 is 2.00 bits per heavy atom. The standard InChI is InChI=1S/C10H21N5/c1-3-15(4-2)8-6-10-12-9(5-7-11)13-14-10/h3-8,11H2,1-2H3,(H,12,13,14).